The predicted octanol–water partition coefficient (Wildman–Crippen LogP) is 2.92. The summed E-state index contributed by atoms with van der Waals surface area (Å²) in [6.45, 7) is 4.84. The minimum absolute atomic E-state index is 0.0979. The molecule has 0 aliphatic heterocycles. The van der Waals surface area contributed by atoms with Crippen molar-refractivity contribution < 1.29 is 4.79 Å². The third-order valence-electron chi connectivity index (χ3n) is 2.99. The van der Waals surface area contributed by atoms with Crippen molar-refractivity contribution in [3.8, 4) is 11.3 Å². The van der Waals surface area contributed by atoms with Gasteiger partial charge < -0.3 is 5.32 Å². The lowest BCUT2D eigenvalue weighted by molar-refractivity contribution is 0.0948. The van der Waals surface area contributed by atoms with Crippen LogP contribution in [0.5, 0.6) is 0 Å². The summed E-state index contributed by atoms with van der Waals surface area (Å²) < 4.78 is 0. The minimum Gasteiger partial charge on any atom is -0.351 e. The molecule has 0 aliphatic carbocycles. The first-order chi connectivity index (χ1) is 9.20. The Morgan fingerprint density at radius 2 is 2.05 bits per heavy atom. The van der Waals surface area contributed by atoms with Crippen molar-refractivity contribution in [1.82, 2.24) is 15.5 Å². The molecule has 1 amide bonds. The van der Waals surface area contributed by atoms with Gasteiger partial charge in [-0.2, -0.15) is 5.10 Å². The van der Waals surface area contributed by atoms with Crippen LogP contribution in [-0.2, 0) is 0 Å². The fraction of sp³-hybridized carbons (Fsp3) is 0.333. The third kappa shape index (κ3) is 3.44. The first kappa shape index (κ1) is 13.3. The Labute approximate surface area is 113 Å². The summed E-state index contributed by atoms with van der Waals surface area (Å²) in [6.07, 6.45) is 2.06. The summed E-state index contributed by atoms with van der Waals surface area (Å²) >= 11 is 0. The predicted molar refractivity (Wildman–Crippen MR) is 76.0 cm³/mol. The van der Waals surface area contributed by atoms with Crippen LogP contribution >= 0.6 is 0 Å². The van der Waals surface area contributed by atoms with Crippen LogP contribution in [0.4, 0.5) is 0 Å². The maximum Gasteiger partial charge on any atom is 0.269 e. The summed E-state index contributed by atoms with van der Waals surface area (Å²) in [6, 6.07) is 9.86. The molecule has 0 spiro atoms. The van der Waals surface area contributed by atoms with Gasteiger partial charge in [0, 0.05) is 12.1 Å². The fourth-order valence-electron chi connectivity index (χ4n) is 1.78. The summed E-state index contributed by atoms with van der Waals surface area (Å²) in [5, 5.41) is 9.83. The van der Waals surface area contributed by atoms with Crippen LogP contribution < -0.4 is 5.32 Å². The molecule has 100 valence electrons. The molecular weight excluding hydrogens is 238 g/mol. The zero-order valence-corrected chi connectivity index (χ0v) is 11.4. The van der Waals surface area contributed by atoms with Crippen molar-refractivity contribution in [2.24, 2.45) is 0 Å². The van der Waals surface area contributed by atoms with E-state index in [9.17, 15) is 4.79 Å². The number of unbranched alkanes of at least 4 members (excludes halogenated alkanes) is 1. The van der Waals surface area contributed by atoms with Gasteiger partial charge in [-0.15, -0.1) is 0 Å². The number of rotatable bonds is 5. The molecular formula is C15H19N3O. The molecule has 1 aromatic heterocycles. The van der Waals surface area contributed by atoms with E-state index in [0.29, 0.717) is 12.2 Å². The zero-order chi connectivity index (χ0) is 13.7. The molecule has 19 heavy (non-hydrogen) atoms. The number of nitrogens with one attached hydrogen (secondary N) is 2. The second-order valence-corrected chi connectivity index (χ2v) is 4.64. The SMILES string of the molecule is CCCCNC(=O)c1cc(-c2ccc(C)cc2)n[nH]1. The number of aromatic amines is 1. The lowest BCUT2D eigenvalue weighted by atomic mass is 10.1. The average molecular weight is 257 g/mol. The topological polar surface area (TPSA) is 57.8 Å². The molecule has 0 aliphatic rings. The van der Waals surface area contributed by atoms with Crippen LogP contribution in [0, 0.1) is 6.92 Å². The Kier molecular flexibility index (Phi) is 4.34. The number of hydrogen-bond donors (Lipinski definition) is 2. The summed E-state index contributed by atoms with van der Waals surface area (Å²) in [5.74, 6) is -0.0979. The van der Waals surface area contributed by atoms with Crippen molar-refractivity contribution >= 4 is 5.91 Å². The highest BCUT2D eigenvalue weighted by Gasteiger charge is 2.10. The van der Waals surface area contributed by atoms with E-state index < -0.39 is 0 Å². The Morgan fingerprint density at radius 1 is 1.32 bits per heavy atom. The number of carbonyl (C=O) groups is 1. The number of hydrogen-bond acceptors (Lipinski definition) is 2. The number of nitrogens with zero attached hydrogens (tertiary/aromatic N) is 1. The Hall–Kier alpha value is -2.10. The number of benzene rings is 1. The zero-order valence-electron chi connectivity index (χ0n) is 11.4. The largest absolute Gasteiger partial charge is 0.351 e. The molecule has 2 rings (SSSR count). The van der Waals surface area contributed by atoms with E-state index in [1.807, 2.05) is 31.2 Å². The van der Waals surface area contributed by atoms with Crippen LogP contribution in [0.15, 0.2) is 30.3 Å². The molecule has 0 atom stereocenters. The van der Waals surface area contributed by atoms with E-state index in [4.69, 9.17) is 0 Å². The molecule has 1 aromatic carbocycles. The van der Waals surface area contributed by atoms with Crippen molar-refractivity contribution in [2.75, 3.05) is 6.54 Å². The van der Waals surface area contributed by atoms with E-state index in [2.05, 4.69) is 22.4 Å². The molecule has 0 saturated carbocycles. The van der Waals surface area contributed by atoms with Crippen molar-refractivity contribution in [2.45, 2.75) is 26.7 Å². The molecule has 2 N–H and O–H groups in total. The highest BCUT2D eigenvalue weighted by Crippen LogP contribution is 2.18. The van der Waals surface area contributed by atoms with E-state index in [1.54, 1.807) is 6.07 Å². The molecule has 0 fully saturated rings. The van der Waals surface area contributed by atoms with Crippen LogP contribution in [0.25, 0.3) is 11.3 Å². The van der Waals surface area contributed by atoms with E-state index >= 15 is 0 Å². The molecule has 2 aromatic rings. The number of amides is 1. The van der Waals surface area contributed by atoms with Crippen molar-refractivity contribution in [3.05, 3.63) is 41.6 Å². The second kappa shape index (κ2) is 6.18. The first-order valence-electron chi connectivity index (χ1n) is 6.61. The molecule has 4 nitrogen and oxygen atoms in total. The minimum atomic E-state index is -0.0979. The van der Waals surface area contributed by atoms with Crippen LogP contribution in [0.3, 0.4) is 0 Å². The van der Waals surface area contributed by atoms with E-state index in [1.165, 1.54) is 5.56 Å². The van der Waals surface area contributed by atoms with Gasteiger partial charge in [0.15, 0.2) is 0 Å². The standard InChI is InChI=1S/C15H19N3O/c1-3-4-9-16-15(19)14-10-13(17-18-14)12-7-5-11(2)6-8-12/h5-8,10H,3-4,9H2,1-2H3,(H,16,19)(H,17,18). The third-order valence-corrected chi connectivity index (χ3v) is 2.99. The van der Waals surface area contributed by atoms with Gasteiger partial charge >= 0.3 is 0 Å². The molecule has 0 unspecified atom stereocenters. The molecule has 0 saturated heterocycles. The first-order valence-corrected chi connectivity index (χ1v) is 6.61. The quantitative estimate of drug-likeness (QED) is 0.809. The van der Waals surface area contributed by atoms with Gasteiger partial charge in [0.25, 0.3) is 5.91 Å². The summed E-state index contributed by atoms with van der Waals surface area (Å²) in [4.78, 5) is 11.8. The molecule has 4 heteroatoms. The van der Waals surface area contributed by atoms with E-state index in [0.717, 1.165) is 24.1 Å². The van der Waals surface area contributed by atoms with Crippen molar-refractivity contribution in [1.29, 1.82) is 0 Å². The van der Waals surface area contributed by atoms with Gasteiger partial charge in [0.05, 0.1) is 5.69 Å². The lowest BCUT2D eigenvalue weighted by Gasteiger charge is -2.00. The maximum absolute atomic E-state index is 11.8. The maximum atomic E-state index is 11.8. The number of aryl methyl sites for hydroxylation is 1. The van der Waals surface area contributed by atoms with Crippen molar-refractivity contribution in [3.63, 3.8) is 0 Å². The molecule has 1 heterocycles. The Balaban J connectivity index is 2.06. The van der Waals surface area contributed by atoms with Gasteiger partial charge in [-0.05, 0) is 19.4 Å². The van der Waals surface area contributed by atoms with Gasteiger partial charge in [0.2, 0.25) is 0 Å². The smallest absolute Gasteiger partial charge is 0.269 e. The number of aromatic nitrogens is 2. The Bertz CT molecular complexity index is 543. The molecule has 0 radical (unpaired) electrons. The second-order valence-electron chi connectivity index (χ2n) is 4.64. The average Bonchev–Trinajstić information content (AvgIpc) is 2.89. The molecule has 0 bridgehead atoms. The van der Waals surface area contributed by atoms with Gasteiger partial charge in [-0.3, -0.25) is 9.89 Å². The van der Waals surface area contributed by atoms with Crippen LogP contribution in [0.2, 0.25) is 0 Å². The monoisotopic (exact) mass is 257 g/mol. The van der Waals surface area contributed by atoms with Gasteiger partial charge in [0.1, 0.15) is 5.69 Å². The van der Waals surface area contributed by atoms with Gasteiger partial charge in [-0.25, -0.2) is 0 Å². The number of carbonyl (C=O) groups excluding carboxylic acids is 1. The Morgan fingerprint density at radius 3 is 2.74 bits per heavy atom. The van der Waals surface area contributed by atoms with Crippen LogP contribution in [-0.4, -0.2) is 22.6 Å². The lowest BCUT2D eigenvalue weighted by Crippen LogP contribution is -2.24. The van der Waals surface area contributed by atoms with Gasteiger partial charge in [-0.1, -0.05) is 43.2 Å². The summed E-state index contributed by atoms with van der Waals surface area (Å²) in [5.41, 5.74) is 3.51. The van der Waals surface area contributed by atoms with Crippen LogP contribution in [0.1, 0.15) is 35.8 Å². The normalized spacial score (nSPS) is 10.4. The highest BCUT2D eigenvalue weighted by atomic mass is 16.1. The fourth-order valence-corrected chi connectivity index (χ4v) is 1.78. The number of H-pyrrole nitrogens is 1. The van der Waals surface area contributed by atoms with E-state index in [-0.39, 0.29) is 5.91 Å². The summed E-state index contributed by atoms with van der Waals surface area (Å²) in [7, 11) is 0. The highest BCUT2D eigenvalue weighted by molar-refractivity contribution is 5.93.